The van der Waals surface area contributed by atoms with Crippen LogP contribution in [0.3, 0.4) is 0 Å². The summed E-state index contributed by atoms with van der Waals surface area (Å²) in [4.78, 5) is 30.1. The van der Waals surface area contributed by atoms with Crippen LogP contribution in [-0.4, -0.2) is 21.0 Å². The third kappa shape index (κ3) is 1.67. The molecule has 0 amide bonds. The second kappa shape index (κ2) is 4.16. The van der Waals surface area contributed by atoms with E-state index in [2.05, 4.69) is 9.97 Å². The van der Waals surface area contributed by atoms with Crippen LogP contribution in [0.5, 0.6) is 0 Å². The molecule has 0 atom stereocenters. The van der Waals surface area contributed by atoms with Crippen molar-refractivity contribution in [3.63, 3.8) is 0 Å². The standard InChI is InChI=1S/C15H12N2O3/c1-7-8(2)16-6-11-13(7)10-5-9(15(19)20)3-4-12(10)17-14(11)18/h3-6H,1-2H3,(H,17,18)(H,19,20). The number of pyridine rings is 2. The summed E-state index contributed by atoms with van der Waals surface area (Å²) in [7, 11) is 0. The molecule has 0 aliphatic carbocycles. The van der Waals surface area contributed by atoms with E-state index >= 15 is 0 Å². The number of hydrogen-bond acceptors (Lipinski definition) is 3. The maximum atomic E-state index is 12.1. The van der Waals surface area contributed by atoms with E-state index in [4.69, 9.17) is 5.11 Å². The Morgan fingerprint density at radius 1 is 1.25 bits per heavy atom. The molecule has 0 unspecified atom stereocenters. The number of carboxylic acids is 1. The van der Waals surface area contributed by atoms with Crippen LogP contribution in [-0.2, 0) is 0 Å². The lowest BCUT2D eigenvalue weighted by molar-refractivity contribution is 0.0697. The maximum Gasteiger partial charge on any atom is 0.335 e. The van der Waals surface area contributed by atoms with Crippen molar-refractivity contribution in [2.24, 2.45) is 0 Å². The van der Waals surface area contributed by atoms with E-state index in [9.17, 15) is 9.59 Å². The molecular weight excluding hydrogens is 256 g/mol. The minimum atomic E-state index is -0.991. The monoisotopic (exact) mass is 268 g/mol. The van der Waals surface area contributed by atoms with Gasteiger partial charge in [-0.2, -0.15) is 0 Å². The quantitative estimate of drug-likeness (QED) is 0.664. The van der Waals surface area contributed by atoms with Crippen LogP contribution < -0.4 is 5.56 Å². The number of aromatic carboxylic acids is 1. The number of aryl methyl sites for hydroxylation is 2. The number of H-pyrrole nitrogens is 1. The first-order chi connectivity index (χ1) is 9.49. The van der Waals surface area contributed by atoms with Gasteiger partial charge < -0.3 is 10.1 Å². The highest BCUT2D eigenvalue weighted by molar-refractivity contribution is 6.09. The fourth-order valence-corrected chi connectivity index (χ4v) is 2.41. The Kier molecular flexibility index (Phi) is 2.57. The molecule has 0 fully saturated rings. The first kappa shape index (κ1) is 12.3. The molecule has 5 nitrogen and oxygen atoms in total. The van der Waals surface area contributed by atoms with Gasteiger partial charge >= 0.3 is 5.97 Å². The van der Waals surface area contributed by atoms with Crippen molar-refractivity contribution >= 4 is 27.6 Å². The molecule has 0 radical (unpaired) electrons. The van der Waals surface area contributed by atoms with Crippen LogP contribution in [0.15, 0.2) is 29.2 Å². The molecule has 100 valence electrons. The molecular formula is C15H12N2O3. The van der Waals surface area contributed by atoms with E-state index < -0.39 is 5.97 Å². The van der Waals surface area contributed by atoms with Crippen LogP contribution in [0.1, 0.15) is 21.6 Å². The van der Waals surface area contributed by atoms with Gasteiger partial charge in [-0.25, -0.2) is 4.79 Å². The lowest BCUT2D eigenvalue weighted by atomic mass is 10.0. The number of aromatic nitrogens is 2. The second-order valence-electron chi connectivity index (χ2n) is 4.78. The fraction of sp³-hybridized carbons (Fsp3) is 0.133. The smallest absolute Gasteiger partial charge is 0.335 e. The summed E-state index contributed by atoms with van der Waals surface area (Å²) in [5.74, 6) is -0.991. The Bertz CT molecular complexity index is 926. The van der Waals surface area contributed by atoms with Crippen molar-refractivity contribution in [2.75, 3.05) is 0 Å². The summed E-state index contributed by atoms with van der Waals surface area (Å²) in [6.45, 7) is 3.75. The predicted octanol–water partition coefficient (Wildman–Crippen LogP) is 2.39. The molecule has 0 aliphatic rings. The molecule has 0 saturated heterocycles. The van der Waals surface area contributed by atoms with E-state index in [1.165, 1.54) is 12.3 Å². The first-order valence-corrected chi connectivity index (χ1v) is 6.14. The normalized spacial score (nSPS) is 11.1. The van der Waals surface area contributed by atoms with E-state index in [0.717, 1.165) is 22.0 Å². The zero-order chi connectivity index (χ0) is 14.4. The van der Waals surface area contributed by atoms with Crippen LogP contribution >= 0.6 is 0 Å². The summed E-state index contributed by atoms with van der Waals surface area (Å²) in [5.41, 5.74) is 2.32. The minimum Gasteiger partial charge on any atom is -0.478 e. The maximum absolute atomic E-state index is 12.1. The van der Waals surface area contributed by atoms with Crippen molar-refractivity contribution in [1.82, 2.24) is 9.97 Å². The highest BCUT2D eigenvalue weighted by atomic mass is 16.4. The first-order valence-electron chi connectivity index (χ1n) is 6.14. The molecule has 0 aliphatic heterocycles. The Morgan fingerprint density at radius 3 is 2.70 bits per heavy atom. The van der Waals surface area contributed by atoms with Gasteiger partial charge in [0.15, 0.2) is 0 Å². The summed E-state index contributed by atoms with van der Waals surface area (Å²) >= 11 is 0. The molecule has 2 aromatic heterocycles. The molecule has 3 aromatic rings. The van der Waals surface area contributed by atoms with Gasteiger partial charge in [0.2, 0.25) is 0 Å². The summed E-state index contributed by atoms with van der Waals surface area (Å²) in [6.07, 6.45) is 1.53. The third-order valence-corrected chi connectivity index (χ3v) is 3.60. The minimum absolute atomic E-state index is 0.194. The van der Waals surface area contributed by atoms with Crippen molar-refractivity contribution in [1.29, 1.82) is 0 Å². The summed E-state index contributed by atoms with van der Waals surface area (Å²) < 4.78 is 0. The molecule has 20 heavy (non-hydrogen) atoms. The van der Waals surface area contributed by atoms with Crippen molar-refractivity contribution in [3.05, 3.63) is 51.6 Å². The molecule has 0 bridgehead atoms. The zero-order valence-corrected chi connectivity index (χ0v) is 11.0. The van der Waals surface area contributed by atoms with Gasteiger partial charge in [-0.05, 0) is 37.6 Å². The highest BCUT2D eigenvalue weighted by Crippen LogP contribution is 2.26. The topological polar surface area (TPSA) is 83.0 Å². The molecule has 1 aromatic carbocycles. The van der Waals surface area contributed by atoms with Crippen molar-refractivity contribution < 1.29 is 9.90 Å². The van der Waals surface area contributed by atoms with Crippen LogP contribution in [0.2, 0.25) is 0 Å². The van der Waals surface area contributed by atoms with E-state index in [-0.39, 0.29) is 11.1 Å². The largest absolute Gasteiger partial charge is 0.478 e. The Hall–Kier alpha value is -2.69. The van der Waals surface area contributed by atoms with Gasteiger partial charge in [0.1, 0.15) is 0 Å². The van der Waals surface area contributed by atoms with Crippen LogP contribution in [0, 0.1) is 13.8 Å². The van der Waals surface area contributed by atoms with Crippen molar-refractivity contribution in [3.8, 4) is 0 Å². The van der Waals surface area contributed by atoms with Gasteiger partial charge in [0.05, 0.1) is 10.9 Å². The average Bonchev–Trinajstić information content (AvgIpc) is 2.42. The Labute approximate surface area is 113 Å². The van der Waals surface area contributed by atoms with Gasteiger partial charge in [-0.15, -0.1) is 0 Å². The number of nitrogens with one attached hydrogen (secondary N) is 1. The number of rotatable bonds is 1. The van der Waals surface area contributed by atoms with E-state index in [1.807, 2.05) is 13.8 Å². The van der Waals surface area contributed by atoms with Crippen LogP contribution in [0.25, 0.3) is 21.7 Å². The molecule has 2 N–H and O–H groups in total. The lowest BCUT2D eigenvalue weighted by Crippen LogP contribution is -2.09. The number of fused-ring (bicyclic) bond motifs is 3. The lowest BCUT2D eigenvalue weighted by Gasteiger charge is -2.09. The molecule has 0 spiro atoms. The van der Waals surface area contributed by atoms with Crippen LogP contribution in [0.4, 0.5) is 0 Å². The van der Waals surface area contributed by atoms with Crippen molar-refractivity contribution in [2.45, 2.75) is 13.8 Å². The third-order valence-electron chi connectivity index (χ3n) is 3.60. The van der Waals surface area contributed by atoms with E-state index in [1.54, 1.807) is 12.1 Å². The number of benzene rings is 1. The number of carbonyl (C=O) groups is 1. The SMILES string of the molecule is Cc1ncc2c(=O)[nH]c3ccc(C(=O)O)cc3c2c1C. The molecule has 0 saturated carbocycles. The number of nitrogens with zero attached hydrogens (tertiary/aromatic N) is 1. The number of carboxylic acid groups (broad SMARTS) is 1. The Morgan fingerprint density at radius 2 is 2.00 bits per heavy atom. The molecule has 3 rings (SSSR count). The predicted molar refractivity (Wildman–Crippen MR) is 76.3 cm³/mol. The highest BCUT2D eigenvalue weighted by Gasteiger charge is 2.12. The average molecular weight is 268 g/mol. The summed E-state index contributed by atoms with van der Waals surface area (Å²) in [5, 5.41) is 11.1. The summed E-state index contributed by atoms with van der Waals surface area (Å²) in [6, 6.07) is 4.69. The zero-order valence-electron chi connectivity index (χ0n) is 11.0. The second-order valence-corrected chi connectivity index (χ2v) is 4.78. The van der Waals surface area contributed by atoms with Gasteiger partial charge in [0.25, 0.3) is 5.56 Å². The van der Waals surface area contributed by atoms with E-state index in [0.29, 0.717) is 10.9 Å². The molecule has 5 heteroatoms. The van der Waals surface area contributed by atoms with Gasteiger partial charge in [-0.1, -0.05) is 0 Å². The molecule has 2 heterocycles. The number of hydrogen-bond donors (Lipinski definition) is 2. The van der Waals surface area contributed by atoms with Gasteiger partial charge in [0, 0.05) is 28.2 Å². The Balaban J connectivity index is 2.61. The van der Waals surface area contributed by atoms with Gasteiger partial charge in [-0.3, -0.25) is 9.78 Å². The fourth-order valence-electron chi connectivity index (χ4n) is 2.41. The number of aromatic amines is 1.